The second-order valence-corrected chi connectivity index (χ2v) is 6.38. The van der Waals surface area contributed by atoms with Gasteiger partial charge in [0.25, 0.3) is 0 Å². The quantitative estimate of drug-likeness (QED) is 0.602. The van der Waals surface area contributed by atoms with Crippen molar-refractivity contribution in [2.45, 2.75) is 19.9 Å². The topological polar surface area (TPSA) is 71.3 Å². The lowest BCUT2D eigenvalue weighted by molar-refractivity contribution is -0.120. The molecule has 3 rings (SSSR count). The smallest absolute Gasteiger partial charge is 0.234 e. The number of ether oxygens (including phenoxy) is 2. The standard InChI is InChI=1S/C23H22N2O3/c1-17-6-9-19(10-7-17)27-14-15-28-22-11-8-18-4-2-3-5-20(18)21(22)16-25-23(26)12-13-24/h2-11H,12,14-16H2,1H3,(H,25,26). The summed E-state index contributed by atoms with van der Waals surface area (Å²) >= 11 is 0. The van der Waals surface area contributed by atoms with Gasteiger partial charge in [-0.1, -0.05) is 48.0 Å². The Labute approximate surface area is 164 Å². The molecule has 1 N–H and O–H groups in total. The highest BCUT2D eigenvalue weighted by molar-refractivity contribution is 5.88. The zero-order valence-corrected chi connectivity index (χ0v) is 15.8. The van der Waals surface area contributed by atoms with Gasteiger partial charge < -0.3 is 14.8 Å². The number of carbonyl (C=O) groups is 1. The SMILES string of the molecule is Cc1ccc(OCCOc2ccc3ccccc3c2CNC(=O)CC#N)cc1. The normalized spacial score (nSPS) is 10.3. The molecule has 0 aliphatic rings. The van der Waals surface area contributed by atoms with E-state index in [2.05, 4.69) is 5.32 Å². The third-order valence-corrected chi connectivity index (χ3v) is 4.33. The Balaban J connectivity index is 1.68. The van der Waals surface area contributed by atoms with E-state index in [0.29, 0.717) is 25.5 Å². The molecule has 1 amide bonds. The van der Waals surface area contributed by atoms with E-state index >= 15 is 0 Å². The molecule has 0 aromatic heterocycles. The first-order valence-corrected chi connectivity index (χ1v) is 9.14. The Kier molecular flexibility index (Phi) is 6.48. The average molecular weight is 374 g/mol. The summed E-state index contributed by atoms with van der Waals surface area (Å²) in [5, 5.41) is 13.5. The number of nitrogens with one attached hydrogen (secondary N) is 1. The van der Waals surface area contributed by atoms with Crippen LogP contribution >= 0.6 is 0 Å². The summed E-state index contributed by atoms with van der Waals surface area (Å²) in [7, 11) is 0. The van der Waals surface area contributed by atoms with Gasteiger partial charge in [-0.2, -0.15) is 5.26 Å². The fourth-order valence-corrected chi connectivity index (χ4v) is 2.90. The van der Waals surface area contributed by atoms with Crippen LogP contribution in [0.4, 0.5) is 0 Å². The van der Waals surface area contributed by atoms with Crippen LogP contribution in [-0.4, -0.2) is 19.1 Å². The van der Waals surface area contributed by atoms with E-state index in [9.17, 15) is 4.79 Å². The number of hydrogen-bond donors (Lipinski definition) is 1. The lowest BCUT2D eigenvalue weighted by Gasteiger charge is -2.15. The summed E-state index contributed by atoms with van der Waals surface area (Å²) in [6.45, 7) is 3.13. The zero-order valence-electron chi connectivity index (χ0n) is 15.8. The number of amides is 1. The molecule has 0 aliphatic carbocycles. The second kappa shape index (κ2) is 9.43. The molecule has 0 unspecified atom stereocenters. The number of hydrogen-bond acceptors (Lipinski definition) is 4. The van der Waals surface area contributed by atoms with Crippen molar-refractivity contribution in [3.05, 3.63) is 71.8 Å². The number of nitriles is 1. The van der Waals surface area contributed by atoms with Gasteiger partial charge in [0.15, 0.2) is 0 Å². The lowest BCUT2D eigenvalue weighted by Crippen LogP contribution is -2.22. The predicted molar refractivity (Wildman–Crippen MR) is 108 cm³/mol. The molecular formula is C23H22N2O3. The Morgan fingerprint density at radius 1 is 1.00 bits per heavy atom. The average Bonchev–Trinajstić information content (AvgIpc) is 2.71. The molecule has 0 spiro atoms. The van der Waals surface area contributed by atoms with E-state index in [-0.39, 0.29) is 12.3 Å². The number of carbonyl (C=O) groups excluding carboxylic acids is 1. The van der Waals surface area contributed by atoms with Gasteiger partial charge in [-0.15, -0.1) is 0 Å². The minimum Gasteiger partial charge on any atom is -0.490 e. The van der Waals surface area contributed by atoms with Crippen molar-refractivity contribution in [2.75, 3.05) is 13.2 Å². The van der Waals surface area contributed by atoms with Gasteiger partial charge in [-0.05, 0) is 35.9 Å². The summed E-state index contributed by atoms with van der Waals surface area (Å²) in [5.41, 5.74) is 2.07. The van der Waals surface area contributed by atoms with E-state index in [1.807, 2.05) is 73.7 Å². The largest absolute Gasteiger partial charge is 0.490 e. The number of benzene rings is 3. The van der Waals surface area contributed by atoms with Crippen LogP contribution < -0.4 is 14.8 Å². The molecule has 0 atom stereocenters. The maximum atomic E-state index is 11.7. The van der Waals surface area contributed by atoms with Crippen molar-refractivity contribution in [2.24, 2.45) is 0 Å². The molecule has 0 fully saturated rings. The van der Waals surface area contributed by atoms with Gasteiger partial charge in [-0.25, -0.2) is 0 Å². The van der Waals surface area contributed by atoms with Crippen molar-refractivity contribution in [3.8, 4) is 17.6 Å². The van der Waals surface area contributed by atoms with Crippen LogP contribution in [0.1, 0.15) is 17.5 Å². The molecular weight excluding hydrogens is 352 g/mol. The maximum absolute atomic E-state index is 11.7. The summed E-state index contributed by atoms with van der Waals surface area (Å²) in [6, 6.07) is 21.5. The van der Waals surface area contributed by atoms with Crippen molar-refractivity contribution < 1.29 is 14.3 Å². The fraction of sp³-hybridized carbons (Fsp3) is 0.217. The Morgan fingerprint density at radius 2 is 1.75 bits per heavy atom. The molecule has 142 valence electrons. The lowest BCUT2D eigenvalue weighted by atomic mass is 10.0. The molecule has 0 saturated carbocycles. The monoisotopic (exact) mass is 374 g/mol. The molecule has 5 nitrogen and oxygen atoms in total. The summed E-state index contributed by atoms with van der Waals surface area (Å²) in [5.74, 6) is 1.20. The molecule has 0 saturated heterocycles. The first-order chi connectivity index (χ1) is 13.7. The molecule has 0 radical (unpaired) electrons. The van der Waals surface area contributed by atoms with E-state index < -0.39 is 0 Å². The highest BCUT2D eigenvalue weighted by Gasteiger charge is 2.10. The number of rotatable bonds is 8. The molecule has 0 heterocycles. The second-order valence-electron chi connectivity index (χ2n) is 6.38. The van der Waals surface area contributed by atoms with Gasteiger partial charge >= 0.3 is 0 Å². The summed E-state index contributed by atoms with van der Waals surface area (Å²) in [6.07, 6.45) is -0.161. The third-order valence-electron chi connectivity index (χ3n) is 4.33. The Morgan fingerprint density at radius 3 is 2.54 bits per heavy atom. The minimum atomic E-state index is -0.302. The van der Waals surface area contributed by atoms with Gasteiger partial charge in [0.05, 0.1) is 6.07 Å². The summed E-state index contributed by atoms with van der Waals surface area (Å²) in [4.78, 5) is 11.7. The highest BCUT2D eigenvalue weighted by Crippen LogP contribution is 2.28. The van der Waals surface area contributed by atoms with E-state index in [1.165, 1.54) is 5.56 Å². The third kappa shape index (κ3) is 5.01. The van der Waals surface area contributed by atoms with E-state index in [1.54, 1.807) is 0 Å². The van der Waals surface area contributed by atoms with Crippen molar-refractivity contribution in [1.29, 1.82) is 5.26 Å². The number of nitrogens with zero attached hydrogens (tertiary/aromatic N) is 1. The molecule has 3 aromatic carbocycles. The maximum Gasteiger partial charge on any atom is 0.234 e. The molecule has 5 heteroatoms. The first-order valence-electron chi connectivity index (χ1n) is 9.14. The molecule has 3 aromatic rings. The zero-order chi connectivity index (χ0) is 19.8. The van der Waals surface area contributed by atoms with Crippen LogP contribution in [0.3, 0.4) is 0 Å². The van der Waals surface area contributed by atoms with Gasteiger partial charge in [0, 0.05) is 12.1 Å². The van der Waals surface area contributed by atoms with Crippen LogP contribution in [0, 0.1) is 18.3 Å². The predicted octanol–water partition coefficient (Wildman–Crippen LogP) is 4.14. The van der Waals surface area contributed by atoms with Crippen molar-refractivity contribution >= 4 is 16.7 Å². The van der Waals surface area contributed by atoms with Crippen LogP contribution in [0.5, 0.6) is 11.5 Å². The molecule has 28 heavy (non-hydrogen) atoms. The fourth-order valence-electron chi connectivity index (χ4n) is 2.90. The summed E-state index contributed by atoms with van der Waals surface area (Å²) < 4.78 is 11.7. The van der Waals surface area contributed by atoms with Gasteiger partial charge in [-0.3, -0.25) is 4.79 Å². The number of aryl methyl sites for hydroxylation is 1. The Hall–Kier alpha value is -3.52. The molecule has 0 aliphatic heterocycles. The Bertz CT molecular complexity index is 991. The first kappa shape index (κ1) is 19.2. The van der Waals surface area contributed by atoms with Crippen molar-refractivity contribution in [3.63, 3.8) is 0 Å². The van der Waals surface area contributed by atoms with Gasteiger partial charge in [0.1, 0.15) is 31.1 Å². The minimum absolute atomic E-state index is 0.161. The van der Waals surface area contributed by atoms with Crippen LogP contribution in [-0.2, 0) is 11.3 Å². The number of fused-ring (bicyclic) bond motifs is 1. The van der Waals surface area contributed by atoms with Crippen LogP contribution in [0.2, 0.25) is 0 Å². The highest BCUT2D eigenvalue weighted by atomic mass is 16.5. The van der Waals surface area contributed by atoms with E-state index in [0.717, 1.165) is 22.1 Å². The van der Waals surface area contributed by atoms with Gasteiger partial charge in [0.2, 0.25) is 5.91 Å². The van der Waals surface area contributed by atoms with Crippen LogP contribution in [0.25, 0.3) is 10.8 Å². The van der Waals surface area contributed by atoms with E-state index in [4.69, 9.17) is 14.7 Å². The molecule has 0 bridgehead atoms. The van der Waals surface area contributed by atoms with Crippen molar-refractivity contribution in [1.82, 2.24) is 5.32 Å². The van der Waals surface area contributed by atoms with Crippen LogP contribution in [0.15, 0.2) is 60.7 Å².